The monoisotopic (exact) mass is 648 g/mol. The number of ether oxygens (including phenoxy) is 3. The van der Waals surface area contributed by atoms with Crippen LogP contribution < -0.4 is 10.6 Å². The van der Waals surface area contributed by atoms with Gasteiger partial charge in [0.15, 0.2) is 0 Å². The fourth-order valence-electron chi connectivity index (χ4n) is 4.59. The summed E-state index contributed by atoms with van der Waals surface area (Å²) in [7, 11) is 0. The summed E-state index contributed by atoms with van der Waals surface area (Å²) in [4.78, 5) is 36.6. The zero-order valence-corrected chi connectivity index (χ0v) is 24.4. The molecule has 16 heteroatoms. The number of alkyl halides is 3. The minimum absolute atomic E-state index is 0.122. The number of amides is 2. The number of hydrogen-bond acceptors (Lipinski definition) is 10. The summed E-state index contributed by atoms with van der Waals surface area (Å²) in [6.07, 6.45) is -5.35. The lowest BCUT2D eigenvalue weighted by molar-refractivity contribution is -0.310. The van der Waals surface area contributed by atoms with Crippen LogP contribution in [0.15, 0.2) is 24.3 Å². The molecule has 0 radical (unpaired) electrons. The molecule has 0 bridgehead atoms. The average molecular weight is 649 g/mol. The van der Waals surface area contributed by atoms with Crippen molar-refractivity contribution in [2.24, 2.45) is 0 Å². The maximum atomic E-state index is 12.8. The highest BCUT2D eigenvalue weighted by Crippen LogP contribution is 2.34. The standard InChI is InChI=1S/C29H39F3N2O11/c1-2-11-43-12-5-3-4-6-13-44-28(27(41)42)15-20(36)24(34-23(39)17-35)26(45-28)25(40)21(37)16-33-22(38)14-18-7-9-19(10-8-18)29(30,31)32/h1,7-10,20-21,24-26,35-37,40H,3-6,11-17H2,(H,33,38)(H,34,39)(H,41,42)/t20-,21+,24+,25+,26+,28+/m0/s1. The molecule has 45 heavy (non-hydrogen) atoms. The number of aliphatic hydroxyl groups excluding tert-OH is 4. The Balaban J connectivity index is 2.05. The highest BCUT2D eigenvalue weighted by molar-refractivity contribution is 5.79. The second-order valence-corrected chi connectivity index (χ2v) is 10.4. The molecule has 6 atom stereocenters. The van der Waals surface area contributed by atoms with Gasteiger partial charge in [0, 0.05) is 19.6 Å². The van der Waals surface area contributed by atoms with Crippen molar-refractivity contribution in [2.75, 3.05) is 33.0 Å². The van der Waals surface area contributed by atoms with Crippen LogP contribution in [-0.2, 0) is 41.2 Å². The summed E-state index contributed by atoms with van der Waals surface area (Å²) < 4.78 is 54.6. The van der Waals surface area contributed by atoms with Crippen LogP contribution in [0.3, 0.4) is 0 Å². The van der Waals surface area contributed by atoms with Crippen LogP contribution in [0.25, 0.3) is 0 Å². The molecule has 0 aromatic heterocycles. The second-order valence-electron chi connectivity index (χ2n) is 10.4. The molecule has 1 aromatic rings. The molecule has 1 heterocycles. The molecule has 1 fully saturated rings. The van der Waals surface area contributed by atoms with Gasteiger partial charge in [-0.3, -0.25) is 9.59 Å². The average Bonchev–Trinajstić information content (AvgIpc) is 2.99. The van der Waals surface area contributed by atoms with E-state index < -0.39 is 85.3 Å². The molecule has 252 valence electrons. The van der Waals surface area contributed by atoms with Gasteiger partial charge in [-0.05, 0) is 30.5 Å². The molecular weight excluding hydrogens is 609 g/mol. The number of hydrogen-bond donors (Lipinski definition) is 7. The van der Waals surface area contributed by atoms with Gasteiger partial charge in [0.2, 0.25) is 11.8 Å². The van der Waals surface area contributed by atoms with Crippen LogP contribution in [0.5, 0.6) is 0 Å². The van der Waals surface area contributed by atoms with Gasteiger partial charge in [0.1, 0.15) is 25.4 Å². The molecule has 2 rings (SSSR count). The van der Waals surface area contributed by atoms with Crippen molar-refractivity contribution < 1.29 is 67.3 Å². The smallest absolute Gasteiger partial charge is 0.416 e. The quantitative estimate of drug-likeness (QED) is 0.0815. The predicted octanol–water partition coefficient (Wildman–Crippen LogP) is -0.279. The molecule has 0 spiro atoms. The number of benzene rings is 1. The molecule has 1 aliphatic heterocycles. The number of carboxylic acids is 1. The number of carboxylic acid groups (broad SMARTS) is 1. The molecule has 0 saturated carbocycles. The number of rotatable bonds is 18. The number of carbonyl (C=O) groups is 3. The summed E-state index contributed by atoms with van der Waals surface area (Å²) in [5.41, 5.74) is -0.659. The Hall–Kier alpha value is -3.30. The number of aliphatic carboxylic acids is 1. The van der Waals surface area contributed by atoms with E-state index in [2.05, 4.69) is 16.6 Å². The Morgan fingerprint density at radius 1 is 1.09 bits per heavy atom. The number of terminal acetylenes is 1. The fraction of sp³-hybridized carbons (Fsp3) is 0.621. The topological polar surface area (TPSA) is 204 Å². The molecule has 7 N–H and O–H groups in total. The Bertz CT molecular complexity index is 1150. The minimum atomic E-state index is -4.55. The number of unbranched alkanes of at least 4 members (excludes halogenated alkanes) is 3. The van der Waals surface area contributed by atoms with Crippen LogP contribution >= 0.6 is 0 Å². The van der Waals surface area contributed by atoms with Gasteiger partial charge in [0.25, 0.3) is 5.79 Å². The van der Waals surface area contributed by atoms with E-state index >= 15 is 0 Å². The highest BCUT2D eigenvalue weighted by atomic mass is 19.4. The third-order valence-electron chi connectivity index (χ3n) is 6.96. The van der Waals surface area contributed by atoms with Gasteiger partial charge in [-0.1, -0.05) is 30.9 Å². The van der Waals surface area contributed by atoms with Crippen LogP contribution in [0.1, 0.15) is 43.2 Å². The maximum Gasteiger partial charge on any atom is 0.416 e. The lowest BCUT2D eigenvalue weighted by Crippen LogP contribution is -2.68. The fourth-order valence-corrected chi connectivity index (χ4v) is 4.59. The number of halogens is 3. The van der Waals surface area contributed by atoms with Gasteiger partial charge >= 0.3 is 12.1 Å². The van der Waals surface area contributed by atoms with Crippen molar-refractivity contribution in [1.29, 1.82) is 0 Å². The molecular formula is C29H39F3N2O11. The van der Waals surface area contributed by atoms with Crippen molar-refractivity contribution in [3.05, 3.63) is 35.4 Å². The molecule has 2 amide bonds. The van der Waals surface area contributed by atoms with E-state index in [4.69, 9.17) is 25.7 Å². The first-order valence-electron chi connectivity index (χ1n) is 14.2. The van der Waals surface area contributed by atoms with Crippen LogP contribution in [-0.4, -0.2) is 113 Å². The zero-order valence-electron chi connectivity index (χ0n) is 24.4. The number of nitrogens with one attached hydrogen (secondary N) is 2. The summed E-state index contributed by atoms with van der Waals surface area (Å²) in [6.45, 7) is -1.10. The second kappa shape index (κ2) is 18.0. The van der Waals surface area contributed by atoms with Crippen molar-refractivity contribution in [3.8, 4) is 12.3 Å². The van der Waals surface area contributed by atoms with E-state index in [1.54, 1.807) is 0 Å². The molecule has 13 nitrogen and oxygen atoms in total. The lowest BCUT2D eigenvalue weighted by Gasteiger charge is -2.46. The Labute approximate surface area is 257 Å². The van der Waals surface area contributed by atoms with Crippen molar-refractivity contribution in [2.45, 2.75) is 80.9 Å². The molecule has 1 aromatic carbocycles. The number of aliphatic hydroxyl groups is 4. The first kappa shape index (κ1) is 37.9. The normalized spacial score (nSPS) is 23.0. The van der Waals surface area contributed by atoms with Crippen LogP contribution in [0.4, 0.5) is 13.2 Å². The predicted molar refractivity (Wildman–Crippen MR) is 149 cm³/mol. The van der Waals surface area contributed by atoms with E-state index in [9.17, 15) is 48.0 Å². The summed E-state index contributed by atoms with van der Waals surface area (Å²) in [5.74, 6) is -3.49. The van der Waals surface area contributed by atoms with E-state index in [0.29, 0.717) is 25.9 Å². The SMILES string of the molecule is C#CCOCCCCCCO[C@]1(C(=O)O)C[C@H](O)[C@@H](NC(=O)CO)[C@H]([C@H](O)[C@H](O)CNC(=O)Cc2ccc(C(F)(F)F)cc2)O1. The van der Waals surface area contributed by atoms with Crippen molar-refractivity contribution >= 4 is 17.8 Å². The van der Waals surface area contributed by atoms with Gasteiger partial charge < -0.3 is 50.4 Å². The van der Waals surface area contributed by atoms with Crippen molar-refractivity contribution in [3.63, 3.8) is 0 Å². The summed E-state index contributed by atoms with van der Waals surface area (Å²) >= 11 is 0. The first-order valence-corrected chi connectivity index (χ1v) is 14.2. The zero-order chi connectivity index (χ0) is 33.6. The van der Waals surface area contributed by atoms with Gasteiger partial charge in [-0.25, -0.2) is 4.79 Å². The number of carbonyl (C=O) groups excluding carboxylic acids is 2. The van der Waals surface area contributed by atoms with Crippen LogP contribution in [0, 0.1) is 12.3 Å². The van der Waals surface area contributed by atoms with Gasteiger partial charge in [-0.2, -0.15) is 13.2 Å². The van der Waals surface area contributed by atoms with Crippen molar-refractivity contribution in [1.82, 2.24) is 10.6 Å². The largest absolute Gasteiger partial charge is 0.477 e. The molecule has 0 unspecified atom stereocenters. The molecule has 1 saturated heterocycles. The first-order chi connectivity index (χ1) is 21.2. The minimum Gasteiger partial charge on any atom is -0.477 e. The van der Waals surface area contributed by atoms with E-state index in [0.717, 1.165) is 30.7 Å². The van der Waals surface area contributed by atoms with Crippen LogP contribution in [0.2, 0.25) is 0 Å². The highest BCUT2D eigenvalue weighted by Gasteiger charge is 2.55. The molecule has 0 aliphatic carbocycles. The Morgan fingerprint density at radius 3 is 2.31 bits per heavy atom. The summed E-state index contributed by atoms with van der Waals surface area (Å²) in [5, 5.41) is 56.1. The summed E-state index contributed by atoms with van der Waals surface area (Å²) in [6, 6.07) is 2.34. The third-order valence-corrected chi connectivity index (χ3v) is 6.96. The van der Waals surface area contributed by atoms with E-state index in [1.165, 1.54) is 0 Å². The Morgan fingerprint density at radius 2 is 1.73 bits per heavy atom. The van der Waals surface area contributed by atoms with E-state index in [-0.39, 0.29) is 25.2 Å². The Kier molecular flexibility index (Phi) is 15.2. The maximum absolute atomic E-state index is 12.8. The van der Waals surface area contributed by atoms with Gasteiger partial charge in [-0.15, -0.1) is 6.42 Å². The molecule has 1 aliphatic rings. The van der Waals surface area contributed by atoms with Gasteiger partial charge in [0.05, 0.1) is 36.8 Å². The van der Waals surface area contributed by atoms with E-state index in [1.807, 2.05) is 0 Å². The lowest BCUT2D eigenvalue weighted by atomic mass is 9.88. The third kappa shape index (κ3) is 11.9.